The van der Waals surface area contributed by atoms with Crippen LogP contribution < -0.4 is 10.6 Å². The zero-order valence-corrected chi connectivity index (χ0v) is 12.8. The van der Waals surface area contributed by atoms with Gasteiger partial charge >= 0.3 is 5.97 Å². The summed E-state index contributed by atoms with van der Waals surface area (Å²) < 4.78 is 0. The topological polar surface area (TPSA) is 102 Å². The van der Waals surface area contributed by atoms with Crippen molar-refractivity contribution in [2.45, 2.75) is 26.8 Å². The van der Waals surface area contributed by atoms with Crippen LogP contribution in [0.5, 0.6) is 0 Å². The molecule has 116 valence electrons. The summed E-state index contributed by atoms with van der Waals surface area (Å²) in [5.74, 6) is -1.82. The molecule has 0 saturated heterocycles. The van der Waals surface area contributed by atoms with Gasteiger partial charge in [0.25, 0.3) is 5.91 Å². The van der Waals surface area contributed by atoms with Crippen molar-refractivity contribution in [2.24, 2.45) is 5.92 Å². The summed E-state index contributed by atoms with van der Waals surface area (Å²) in [7, 11) is 0. The highest BCUT2D eigenvalue weighted by Crippen LogP contribution is 2.11. The van der Waals surface area contributed by atoms with Gasteiger partial charge in [0.1, 0.15) is 17.7 Å². The number of nitrogens with one attached hydrogen (secondary N) is 2. The van der Waals surface area contributed by atoms with Crippen LogP contribution in [0.15, 0.2) is 36.0 Å². The lowest BCUT2D eigenvalue weighted by molar-refractivity contribution is -0.140. The second kappa shape index (κ2) is 7.84. The average molecular weight is 301 g/mol. The summed E-state index contributed by atoms with van der Waals surface area (Å²) in [6.07, 6.45) is 1.14. The minimum absolute atomic E-state index is 0.187. The predicted octanol–water partition coefficient (Wildman–Crippen LogP) is 2.04. The number of nitriles is 1. The number of carboxylic acid groups (broad SMARTS) is 1. The van der Waals surface area contributed by atoms with Crippen LogP contribution in [0.1, 0.15) is 19.4 Å². The Kier molecular flexibility index (Phi) is 6.14. The molecule has 1 aromatic rings. The minimum Gasteiger partial charge on any atom is -0.480 e. The van der Waals surface area contributed by atoms with Crippen LogP contribution in [0, 0.1) is 24.2 Å². The summed E-state index contributed by atoms with van der Waals surface area (Å²) >= 11 is 0. The number of amides is 1. The molecule has 1 amide bonds. The van der Waals surface area contributed by atoms with E-state index in [0.717, 1.165) is 11.8 Å². The summed E-state index contributed by atoms with van der Waals surface area (Å²) in [5, 5.41) is 23.3. The van der Waals surface area contributed by atoms with Gasteiger partial charge in [-0.15, -0.1) is 0 Å². The van der Waals surface area contributed by atoms with E-state index in [1.807, 2.05) is 13.0 Å². The monoisotopic (exact) mass is 301 g/mol. The lowest BCUT2D eigenvalue weighted by atomic mass is 10.1. The van der Waals surface area contributed by atoms with Crippen molar-refractivity contribution in [3.8, 4) is 6.07 Å². The van der Waals surface area contributed by atoms with E-state index in [9.17, 15) is 9.59 Å². The highest BCUT2D eigenvalue weighted by Gasteiger charge is 2.20. The molecule has 22 heavy (non-hydrogen) atoms. The van der Waals surface area contributed by atoms with Crippen molar-refractivity contribution in [3.63, 3.8) is 0 Å². The smallest absolute Gasteiger partial charge is 0.326 e. The van der Waals surface area contributed by atoms with Crippen LogP contribution in [0.3, 0.4) is 0 Å². The van der Waals surface area contributed by atoms with Crippen LogP contribution in [0.4, 0.5) is 5.69 Å². The number of carboxylic acids is 1. The van der Waals surface area contributed by atoms with Crippen LogP contribution in [0.25, 0.3) is 0 Å². The quantitative estimate of drug-likeness (QED) is 0.551. The lowest BCUT2D eigenvalue weighted by Gasteiger charge is -2.16. The number of hydrogen-bond donors (Lipinski definition) is 3. The summed E-state index contributed by atoms with van der Waals surface area (Å²) in [4.78, 5) is 23.1. The Morgan fingerprint density at radius 3 is 2.55 bits per heavy atom. The lowest BCUT2D eigenvalue weighted by Crippen LogP contribution is -2.38. The Bertz CT molecular complexity index is 630. The van der Waals surface area contributed by atoms with E-state index >= 15 is 0 Å². The molecule has 0 aromatic heterocycles. The molecule has 1 aromatic carbocycles. The molecule has 1 rings (SSSR count). The number of carbonyl (C=O) groups is 2. The van der Waals surface area contributed by atoms with E-state index in [4.69, 9.17) is 10.4 Å². The number of nitrogens with zero attached hydrogens (tertiary/aromatic N) is 1. The standard InChI is InChI=1S/C16H19N3O3/c1-10(2)14(16(21)22)18-9-12(8-17)15(20)19-13-6-4-5-11(3)7-13/h4-7,9-10,14,18H,1-3H3,(H,19,20)(H,21,22)/b12-9-. The van der Waals surface area contributed by atoms with Gasteiger partial charge in [0, 0.05) is 11.9 Å². The van der Waals surface area contributed by atoms with Gasteiger partial charge in [0.05, 0.1) is 0 Å². The number of benzene rings is 1. The first-order valence-corrected chi connectivity index (χ1v) is 6.82. The van der Waals surface area contributed by atoms with E-state index in [2.05, 4.69) is 10.6 Å². The van der Waals surface area contributed by atoms with Gasteiger partial charge in [-0.2, -0.15) is 5.26 Å². The Labute approximate surface area is 129 Å². The van der Waals surface area contributed by atoms with Gasteiger partial charge in [-0.3, -0.25) is 4.79 Å². The fourth-order valence-electron chi connectivity index (χ4n) is 1.79. The Morgan fingerprint density at radius 1 is 1.36 bits per heavy atom. The molecule has 6 nitrogen and oxygen atoms in total. The average Bonchev–Trinajstić information content (AvgIpc) is 2.42. The summed E-state index contributed by atoms with van der Waals surface area (Å²) in [6, 6.07) is 8.06. The largest absolute Gasteiger partial charge is 0.480 e. The van der Waals surface area contributed by atoms with Gasteiger partial charge in [-0.1, -0.05) is 26.0 Å². The zero-order chi connectivity index (χ0) is 16.7. The van der Waals surface area contributed by atoms with E-state index in [0.29, 0.717) is 5.69 Å². The fourth-order valence-corrected chi connectivity index (χ4v) is 1.79. The molecular formula is C16H19N3O3. The van der Waals surface area contributed by atoms with Crippen molar-refractivity contribution in [1.29, 1.82) is 5.26 Å². The molecule has 0 fully saturated rings. The minimum atomic E-state index is -1.04. The maximum atomic E-state index is 12.0. The number of carbonyl (C=O) groups excluding carboxylic acids is 1. The predicted molar refractivity (Wildman–Crippen MR) is 82.9 cm³/mol. The first-order valence-electron chi connectivity index (χ1n) is 6.82. The molecular weight excluding hydrogens is 282 g/mol. The SMILES string of the molecule is Cc1cccc(NC(=O)/C(C#N)=C\NC(C(=O)O)C(C)C)c1. The van der Waals surface area contributed by atoms with E-state index in [1.54, 1.807) is 38.1 Å². The first-order chi connectivity index (χ1) is 10.3. The normalized spacial score (nSPS) is 12.4. The Balaban J connectivity index is 2.82. The number of hydrogen-bond acceptors (Lipinski definition) is 4. The maximum absolute atomic E-state index is 12.0. The molecule has 0 radical (unpaired) electrons. The summed E-state index contributed by atoms with van der Waals surface area (Å²) in [5.41, 5.74) is 1.36. The third-order valence-electron chi connectivity index (χ3n) is 2.98. The molecule has 0 heterocycles. The zero-order valence-electron chi connectivity index (χ0n) is 12.8. The van der Waals surface area contributed by atoms with E-state index in [-0.39, 0.29) is 11.5 Å². The van der Waals surface area contributed by atoms with Crippen LogP contribution in [-0.4, -0.2) is 23.0 Å². The van der Waals surface area contributed by atoms with Crippen molar-refractivity contribution in [3.05, 3.63) is 41.6 Å². The third kappa shape index (κ3) is 4.94. The van der Waals surface area contributed by atoms with Crippen molar-refractivity contribution < 1.29 is 14.7 Å². The van der Waals surface area contributed by atoms with Gasteiger partial charge in [-0.05, 0) is 30.5 Å². The van der Waals surface area contributed by atoms with Crippen LogP contribution in [-0.2, 0) is 9.59 Å². The van der Waals surface area contributed by atoms with Crippen LogP contribution in [0.2, 0.25) is 0 Å². The van der Waals surface area contributed by atoms with Gasteiger partial charge in [0.2, 0.25) is 0 Å². The van der Waals surface area contributed by atoms with Gasteiger partial charge in [0.15, 0.2) is 0 Å². The molecule has 3 N–H and O–H groups in total. The molecule has 6 heteroatoms. The Hall–Kier alpha value is -2.81. The Morgan fingerprint density at radius 2 is 2.05 bits per heavy atom. The number of anilines is 1. The molecule has 0 aliphatic heterocycles. The molecule has 0 aliphatic rings. The molecule has 0 spiro atoms. The second-order valence-corrected chi connectivity index (χ2v) is 5.22. The van der Waals surface area contributed by atoms with Gasteiger partial charge in [-0.25, -0.2) is 4.79 Å². The third-order valence-corrected chi connectivity index (χ3v) is 2.98. The number of aryl methyl sites for hydroxylation is 1. The number of aliphatic carboxylic acids is 1. The summed E-state index contributed by atoms with van der Waals surface area (Å²) in [6.45, 7) is 5.36. The van der Waals surface area contributed by atoms with E-state index in [1.165, 1.54) is 0 Å². The number of rotatable bonds is 6. The molecule has 1 unspecified atom stereocenters. The molecule has 1 atom stereocenters. The van der Waals surface area contributed by atoms with Crippen molar-refractivity contribution in [2.75, 3.05) is 5.32 Å². The molecule has 0 aliphatic carbocycles. The van der Waals surface area contributed by atoms with Crippen LogP contribution >= 0.6 is 0 Å². The molecule has 0 bridgehead atoms. The first kappa shape index (κ1) is 17.2. The fraction of sp³-hybridized carbons (Fsp3) is 0.312. The maximum Gasteiger partial charge on any atom is 0.326 e. The highest BCUT2D eigenvalue weighted by molar-refractivity contribution is 6.06. The van der Waals surface area contributed by atoms with Crippen molar-refractivity contribution >= 4 is 17.6 Å². The molecule has 0 saturated carbocycles. The van der Waals surface area contributed by atoms with Gasteiger partial charge < -0.3 is 15.7 Å². The highest BCUT2D eigenvalue weighted by atomic mass is 16.4. The second-order valence-electron chi connectivity index (χ2n) is 5.22. The van der Waals surface area contributed by atoms with E-state index < -0.39 is 17.9 Å². The van der Waals surface area contributed by atoms with Crippen molar-refractivity contribution in [1.82, 2.24) is 5.32 Å².